The standard InChI is InChI=1S/C14H18ClNO/c15-12-3-1-11(2-4-12)14(6-7-14)10-16-13-5-8-17-9-13/h1-4,13,16H,5-10H2. The van der Waals surface area contributed by atoms with E-state index in [1.165, 1.54) is 18.4 Å². The van der Waals surface area contributed by atoms with E-state index in [1.807, 2.05) is 12.1 Å². The molecule has 1 saturated heterocycles. The molecule has 2 aliphatic rings. The molecule has 0 aromatic heterocycles. The van der Waals surface area contributed by atoms with Crippen LogP contribution in [0, 0.1) is 0 Å². The highest BCUT2D eigenvalue weighted by atomic mass is 35.5. The SMILES string of the molecule is Clc1ccc(C2(CNC3CCOC3)CC2)cc1. The molecule has 1 atom stereocenters. The van der Waals surface area contributed by atoms with E-state index in [4.69, 9.17) is 16.3 Å². The monoisotopic (exact) mass is 251 g/mol. The number of hydrogen-bond acceptors (Lipinski definition) is 2. The van der Waals surface area contributed by atoms with Crippen LogP contribution in [0.2, 0.25) is 5.02 Å². The average Bonchev–Trinajstić information content (AvgIpc) is 2.95. The van der Waals surface area contributed by atoms with Gasteiger partial charge in [0, 0.05) is 29.6 Å². The highest BCUT2D eigenvalue weighted by Crippen LogP contribution is 2.47. The predicted octanol–water partition coefficient (Wildman–Crippen LogP) is 2.75. The Morgan fingerprint density at radius 3 is 2.65 bits per heavy atom. The molecule has 0 amide bonds. The van der Waals surface area contributed by atoms with E-state index in [2.05, 4.69) is 17.4 Å². The third-order valence-corrected chi connectivity index (χ3v) is 4.22. The molecule has 1 unspecified atom stereocenters. The molecule has 1 saturated carbocycles. The summed E-state index contributed by atoms with van der Waals surface area (Å²) in [5.41, 5.74) is 1.79. The lowest BCUT2D eigenvalue weighted by Crippen LogP contribution is -2.35. The zero-order chi connectivity index (χ0) is 11.7. The van der Waals surface area contributed by atoms with Crippen LogP contribution in [0.4, 0.5) is 0 Å². The Hall–Kier alpha value is -0.570. The smallest absolute Gasteiger partial charge is 0.0620 e. The predicted molar refractivity (Wildman–Crippen MR) is 69.6 cm³/mol. The van der Waals surface area contributed by atoms with Crippen molar-refractivity contribution in [3.8, 4) is 0 Å². The first kappa shape index (κ1) is 11.5. The summed E-state index contributed by atoms with van der Waals surface area (Å²) in [6.45, 7) is 2.85. The molecule has 1 aliphatic heterocycles. The van der Waals surface area contributed by atoms with Crippen molar-refractivity contribution in [2.75, 3.05) is 19.8 Å². The van der Waals surface area contributed by atoms with Gasteiger partial charge in [0.2, 0.25) is 0 Å². The van der Waals surface area contributed by atoms with Gasteiger partial charge in [0.15, 0.2) is 0 Å². The molecular formula is C14H18ClNO. The Morgan fingerprint density at radius 2 is 2.06 bits per heavy atom. The van der Waals surface area contributed by atoms with Gasteiger partial charge >= 0.3 is 0 Å². The highest BCUT2D eigenvalue weighted by molar-refractivity contribution is 6.30. The van der Waals surface area contributed by atoms with Gasteiger partial charge in [-0.1, -0.05) is 23.7 Å². The summed E-state index contributed by atoms with van der Waals surface area (Å²) in [5.74, 6) is 0. The first-order chi connectivity index (χ1) is 8.28. The molecule has 1 aromatic carbocycles. The second-order valence-electron chi connectivity index (χ2n) is 5.23. The normalized spacial score (nSPS) is 26.1. The topological polar surface area (TPSA) is 21.3 Å². The zero-order valence-electron chi connectivity index (χ0n) is 9.92. The minimum Gasteiger partial charge on any atom is -0.380 e. The lowest BCUT2D eigenvalue weighted by molar-refractivity contribution is 0.189. The fraction of sp³-hybridized carbons (Fsp3) is 0.571. The minimum atomic E-state index is 0.368. The van der Waals surface area contributed by atoms with Crippen molar-refractivity contribution in [3.63, 3.8) is 0 Å². The van der Waals surface area contributed by atoms with Crippen LogP contribution in [0.5, 0.6) is 0 Å². The quantitative estimate of drug-likeness (QED) is 0.889. The van der Waals surface area contributed by atoms with Gasteiger partial charge < -0.3 is 10.1 Å². The summed E-state index contributed by atoms with van der Waals surface area (Å²) in [5, 5.41) is 4.46. The number of nitrogens with one attached hydrogen (secondary N) is 1. The van der Waals surface area contributed by atoms with E-state index in [1.54, 1.807) is 0 Å². The van der Waals surface area contributed by atoms with Crippen molar-refractivity contribution >= 4 is 11.6 Å². The number of hydrogen-bond donors (Lipinski definition) is 1. The van der Waals surface area contributed by atoms with E-state index >= 15 is 0 Å². The van der Waals surface area contributed by atoms with Gasteiger partial charge in [-0.25, -0.2) is 0 Å². The van der Waals surface area contributed by atoms with Crippen molar-refractivity contribution in [2.45, 2.75) is 30.7 Å². The molecule has 0 radical (unpaired) electrons. The molecule has 92 valence electrons. The molecule has 3 rings (SSSR count). The summed E-state index contributed by atoms with van der Waals surface area (Å²) in [6.07, 6.45) is 3.72. The van der Waals surface area contributed by atoms with E-state index < -0.39 is 0 Å². The average molecular weight is 252 g/mol. The van der Waals surface area contributed by atoms with Gasteiger partial charge in [-0.2, -0.15) is 0 Å². The molecule has 2 fully saturated rings. The van der Waals surface area contributed by atoms with Crippen molar-refractivity contribution < 1.29 is 4.74 Å². The van der Waals surface area contributed by atoms with Crippen LogP contribution < -0.4 is 5.32 Å². The van der Waals surface area contributed by atoms with Crippen molar-refractivity contribution in [1.82, 2.24) is 5.32 Å². The van der Waals surface area contributed by atoms with Crippen molar-refractivity contribution in [3.05, 3.63) is 34.9 Å². The second kappa shape index (κ2) is 4.60. The maximum Gasteiger partial charge on any atom is 0.0620 e. The van der Waals surface area contributed by atoms with Crippen LogP contribution >= 0.6 is 11.6 Å². The van der Waals surface area contributed by atoms with E-state index in [0.29, 0.717) is 11.5 Å². The summed E-state index contributed by atoms with van der Waals surface area (Å²) in [6, 6.07) is 8.88. The molecule has 1 aliphatic carbocycles. The van der Waals surface area contributed by atoms with Crippen LogP contribution in [-0.4, -0.2) is 25.8 Å². The van der Waals surface area contributed by atoms with Gasteiger partial charge in [-0.05, 0) is 37.0 Å². The Morgan fingerprint density at radius 1 is 1.29 bits per heavy atom. The van der Waals surface area contributed by atoms with Gasteiger partial charge in [-0.15, -0.1) is 0 Å². The fourth-order valence-electron chi connectivity index (χ4n) is 2.56. The number of ether oxygens (including phenoxy) is 1. The summed E-state index contributed by atoms with van der Waals surface area (Å²) >= 11 is 5.93. The lowest BCUT2D eigenvalue weighted by Gasteiger charge is -2.19. The Kier molecular flexibility index (Phi) is 3.12. The molecule has 17 heavy (non-hydrogen) atoms. The van der Waals surface area contributed by atoms with Crippen LogP contribution in [0.1, 0.15) is 24.8 Å². The molecule has 1 heterocycles. The Bertz CT molecular complexity index is 380. The number of halogens is 1. The van der Waals surface area contributed by atoms with Crippen LogP contribution in [0.25, 0.3) is 0 Å². The summed E-state index contributed by atoms with van der Waals surface area (Å²) in [7, 11) is 0. The third-order valence-electron chi connectivity index (χ3n) is 3.97. The molecule has 0 spiro atoms. The van der Waals surface area contributed by atoms with Crippen LogP contribution in [-0.2, 0) is 10.2 Å². The first-order valence-corrected chi connectivity index (χ1v) is 6.74. The molecule has 1 N–H and O–H groups in total. The molecule has 3 heteroatoms. The van der Waals surface area contributed by atoms with Gasteiger partial charge in [0.25, 0.3) is 0 Å². The van der Waals surface area contributed by atoms with Gasteiger partial charge in [0.05, 0.1) is 6.61 Å². The Balaban J connectivity index is 1.63. The molecular weight excluding hydrogens is 234 g/mol. The molecule has 2 nitrogen and oxygen atoms in total. The molecule has 0 bridgehead atoms. The summed E-state index contributed by atoms with van der Waals surface area (Å²) in [4.78, 5) is 0. The third kappa shape index (κ3) is 2.49. The van der Waals surface area contributed by atoms with Crippen LogP contribution in [0.15, 0.2) is 24.3 Å². The van der Waals surface area contributed by atoms with E-state index in [-0.39, 0.29) is 0 Å². The van der Waals surface area contributed by atoms with Crippen LogP contribution in [0.3, 0.4) is 0 Å². The first-order valence-electron chi connectivity index (χ1n) is 6.36. The number of rotatable bonds is 4. The summed E-state index contributed by atoms with van der Waals surface area (Å²) < 4.78 is 5.38. The van der Waals surface area contributed by atoms with Crippen molar-refractivity contribution in [2.24, 2.45) is 0 Å². The van der Waals surface area contributed by atoms with Gasteiger partial charge in [0.1, 0.15) is 0 Å². The van der Waals surface area contributed by atoms with E-state index in [9.17, 15) is 0 Å². The maximum atomic E-state index is 5.93. The Labute approximate surface area is 107 Å². The minimum absolute atomic E-state index is 0.368. The maximum absolute atomic E-state index is 5.93. The number of benzene rings is 1. The zero-order valence-corrected chi connectivity index (χ0v) is 10.7. The van der Waals surface area contributed by atoms with E-state index in [0.717, 1.165) is 31.2 Å². The second-order valence-corrected chi connectivity index (χ2v) is 5.67. The largest absolute Gasteiger partial charge is 0.380 e. The highest BCUT2D eigenvalue weighted by Gasteiger charge is 2.44. The van der Waals surface area contributed by atoms with Crippen molar-refractivity contribution in [1.29, 1.82) is 0 Å². The lowest BCUT2D eigenvalue weighted by atomic mass is 9.95. The fourth-order valence-corrected chi connectivity index (χ4v) is 2.68. The molecule has 1 aromatic rings. The van der Waals surface area contributed by atoms with Gasteiger partial charge in [-0.3, -0.25) is 0 Å².